The highest BCUT2D eigenvalue weighted by Gasteiger charge is 2.08. The minimum absolute atomic E-state index is 0.198. The third kappa shape index (κ3) is 3.55. The lowest BCUT2D eigenvalue weighted by atomic mass is 10.1. The number of hydrazine groups is 1. The molecule has 1 amide bonds. The van der Waals surface area contributed by atoms with Gasteiger partial charge >= 0.3 is 0 Å². The highest BCUT2D eigenvalue weighted by Crippen LogP contribution is 2.22. The molecule has 2 rings (SSSR count). The van der Waals surface area contributed by atoms with Gasteiger partial charge < -0.3 is 4.57 Å². The van der Waals surface area contributed by atoms with E-state index < -0.39 is 0 Å². The molecule has 6 nitrogen and oxygen atoms in total. The second-order valence-electron chi connectivity index (χ2n) is 4.03. The Morgan fingerprint density at radius 2 is 2.16 bits per heavy atom. The number of nitrogens with one attached hydrogen (secondary N) is 1. The third-order valence-corrected chi connectivity index (χ3v) is 3.74. The van der Waals surface area contributed by atoms with Crippen LogP contribution >= 0.6 is 11.8 Å². The van der Waals surface area contributed by atoms with Crippen LogP contribution in [0.3, 0.4) is 0 Å². The molecule has 100 valence electrons. The number of carbonyl (C=O) groups excluding carboxylic acids is 1. The van der Waals surface area contributed by atoms with Gasteiger partial charge in [-0.05, 0) is 11.1 Å². The van der Waals surface area contributed by atoms with Crippen LogP contribution in [0.2, 0.25) is 0 Å². The first kappa shape index (κ1) is 13.6. The molecule has 1 aromatic carbocycles. The molecule has 7 heteroatoms. The van der Waals surface area contributed by atoms with Crippen LogP contribution in [0.5, 0.6) is 0 Å². The van der Waals surface area contributed by atoms with Crippen molar-refractivity contribution in [2.45, 2.75) is 17.3 Å². The second kappa shape index (κ2) is 6.35. The van der Waals surface area contributed by atoms with E-state index in [1.165, 1.54) is 0 Å². The standard InChI is InChI=1S/C12H15N5OS/c1-17-8-14-16-12(17)19-7-10-5-3-2-4-9(10)6-11(18)15-13/h2-5,8H,6-7,13H2,1H3,(H,15,18). The lowest BCUT2D eigenvalue weighted by molar-refractivity contribution is -0.120. The number of rotatable bonds is 5. The Kier molecular flexibility index (Phi) is 4.53. The van der Waals surface area contributed by atoms with Crippen molar-refractivity contribution >= 4 is 17.7 Å². The van der Waals surface area contributed by atoms with Gasteiger partial charge in [0.2, 0.25) is 5.91 Å². The van der Waals surface area contributed by atoms with Crippen LogP contribution in [0.15, 0.2) is 35.7 Å². The molecule has 19 heavy (non-hydrogen) atoms. The van der Waals surface area contributed by atoms with Gasteiger partial charge in [-0.25, -0.2) is 5.84 Å². The Bertz CT molecular complexity index is 569. The SMILES string of the molecule is Cn1cnnc1SCc1ccccc1CC(=O)NN. The van der Waals surface area contributed by atoms with E-state index in [2.05, 4.69) is 15.6 Å². The average molecular weight is 277 g/mol. The summed E-state index contributed by atoms with van der Waals surface area (Å²) < 4.78 is 1.86. The number of aromatic nitrogens is 3. The van der Waals surface area contributed by atoms with Crippen molar-refractivity contribution < 1.29 is 4.79 Å². The first-order valence-electron chi connectivity index (χ1n) is 5.73. The Labute approximate surface area is 115 Å². The molecule has 1 heterocycles. The Balaban J connectivity index is 2.07. The minimum atomic E-state index is -0.198. The number of nitrogens with zero attached hydrogens (tertiary/aromatic N) is 3. The topological polar surface area (TPSA) is 85.8 Å². The van der Waals surface area contributed by atoms with Crippen LogP contribution in [0.4, 0.5) is 0 Å². The number of aryl methyl sites for hydroxylation is 1. The van der Waals surface area contributed by atoms with Gasteiger partial charge in [0.15, 0.2) is 5.16 Å². The van der Waals surface area contributed by atoms with Gasteiger partial charge in [-0.3, -0.25) is 10.2 Å². The molecular formula is C12H15N5OS. The number of benzene rings is 1. The molecule has 3 N–H and O–H groups in total. The van der Waals surface area contributed by atoms with Gasteiger partial charge in [0.1, 0.15) is 6.33 Å². The van der Waals surface area contributed by atoms with Crippen LogP contribution in [-0.2, 0) is 24.0 Å². The summed E-state index contributed by atoms with van der Waals surface area (Å²) >= 11 is 1.58. The largest absolute Gasteiger partial charge is 0.312 e. The van der Waals surface area contributed by atoms with E-state index in [1.54, 1.807) is 18.1 Å². The van der Waals surface area contributed by atoms with Crippen molar-refractivity contribution in [1.29, 1.82) is 0 Å². The zero-order chi connectivity index (χ0) is 13.7. The molecule has 0 aliphatic carbocycles. The van der Waals surface area contributed by atoms with Gasteiger partial charge in [-0.2, -0.15) is 0 Å². The van der Waals surface area contributed by atoms with E-state index in [0.29, 0.717) is 0 Å². The average Bonchev–Trinajstić information content (AvgIpc) is 2.83. The van der Waals surface area contributed by atoms with Gasteiger partial charge in [-0.15, -0.1) is 10.2 Å². The summed E-state index contributed by atoms with van der Waals surface area (Å²) in [5, 5.41) is 8.69. The third-order valence-electron chi connectivity index (χ3n) is 2.66. The molecule has 0 bridgehead atoms. The molecule has 0 saturated carbocycles. The van der Waals surface area contributed by atoms with Crippen molar-refractivity contribution in [3.63, 3.8) is 0 Å². The zero-order valence-corrected chi connectivity index (χ0v) is 11.4. The van der Waals surface area contributed by atoms with Crippen molar-refractivity contribution in [3.8, 4) is 0 Å². The van der Waals surface area contributed by atoms with Crippen molar-refractivity contribution in [2.75, 3.05) is 0 Å². The molecule has 0 atom stereocenters. The van der Waals surface area contributed by atoms with Crippen molar-refractivity contribution in [1.82, 2.24) is 20.2 Å². The molecule has 0 saturated heterocycles. The molecule has 0 radical (unpaired) electrons. The second-order valence-corrected chi connectivity index (χ2v) is 4.97. The summed E-state index contributed by atoms with van der Waals surface area (Å²) in [6, 6.07) is 7.80. The minimum Gasteiger partial charge on any atom is -0.312 e. The lowest BCUT2D eigenvalue weighted by Crippen LogP contribution is -2.31. The molecule has 0 spiro atoms. The first-order chi connectivity index (χ1) is 9.20. The number of hydrogen-bond donors (Lipinski definition) is 2. The van der Waals surface area contributed by atoms with Crippen LogP contribution in [0, 0.1) is 0 Å². The fourth-order valence-electron chi connectivity index (χ4n) is 1.64. The Hall–Kier alpha value is -1.86. The van der Waals surface area contributed by atoms with Gasteiger partial charge in [0.25, 0.3) is 0 Å². The van der Waals surface area contributed by atoms with E-state index >= 15 is 0 Å². The number of thioether (sulfide) groups is 1. The smallest absolute Gasteiger partial charge is 0.238 e. The summed E-state index contributed by atoms with van der Waals surface area (Å²) in [4.78, 5) is 11.4. The summed E-state index contributed by atoms with van der Waals surface area (Å²) in [5.41, 5.74) is 4.22. The molecule has 0 fully saturated rings. The number of nitrogens with two attached hydrogens (primary N) is 1. The molecule has 0 aliphatic heterocycles. The fraction of sp³-hybridized carbons (Fsp3) is 0.250. The molecule has 1 aromatic heterocycles. The van der Waals surface area contributed by atoms with E-state index in [9.17, 15) is 4.79 Å². The fourth-order valence-corrected chi connectivity index (χ4v) is 2.56. The summed E-state index contributed by atoms with van der Waals surface area (Å²) in [5.74, 6) is 5.65. The highest BCUT2D eigenvalue weighted by atomic mass is 32.2. The van der Waals surface area contributed by atoms with Gasteiger partial charge in [0.05, 0.1) is 6.42 Å². The lowest BCUT2D eigenvalue weighted by Gasteiger charge is -2.08. The van der Waals surface area contributed by atoms with Crippen LogP contribution in [0.25, 0.3) is 0 Å². The maximum Gasteiger partial charge on any atom is 0.238 e. The quantitative estimate of drug-likeness (QED) is 0.362. The Morgan fingerprint density at radius 1 is 1.42 bits per heavy atom. The molecule has 0 aliphatic rings. The normalized spacial score (nSPS) is 10.4. The van der Waals surface area contributed by atoms with Crippen LogP contribution in [0.1, 0.15) is 11.1 Å². The van der Waals surface area contributed by atoms with Crippen molar-refractivity contribution in [2.24, 2.45) is 12.9 Å². The predicted octanol–water partition coefficient (Wildman–Crippen LogP) is 0.640. The zero-order valence-electron chi connectivity index (χ0n) is 10.5. The first-order valence-corrected chi connectivity index (χ1v) is 6.72. The monoisotopic (exact) mass is 277 g/mol. The van der Waals surface area contributed by atoms with Crippen LogP contribution in [-0.4, -0.2) is 20.7 Å². The van der Waals surface area contributed by atoms with E-state index in [4.69, 9.17) is 5.84 Å². The van der Waals surface area contributed by atoms with Crippen molar-refractivity contribution in [3.05, 3.63) is 41.7 Å². The van der Waals surface area contributed by atoms with Crippen LogP contribution < -0.4 is 11.3 Å². The highest BCUT2D eigenvalue weighted by molar-refractivity contribution is 7.98. The molecule has 2 aromatic rings. The molecule has 0 unspecified atom stereocenters. The predicted molar refractivity (Wildman–Crippen MR) is 73.0 cm³/mol. The summed E-state index contributed by atoms with van der Waals surface area (Å²) in [7, 11) is 1.90. The Morgan fingerprint density at radius 3 is 2.79 bits per heavy atom. The van der Waals surface area contributed by atoms with E-state index in [0.717, 1.165) is 22.0 Å². The summed E-state index contributed by atoms with van der Waals surface area (Å²) in [6.45, 7) is 0. The molecular weight excluding hydrogens is 262 g/mol. The summed E-state index contributed by atoms with van der Waals surface area (Å²) in [6.07, 6.45) is 1.95. The number of hydrogen-bond acceptors (Lipinski definition) is 5. The van der Waals surface area contributed by atoms with E-state index in [-0.39, 0.29) is 12.3 Å². The maximum absolute atomic E-state index is 11.4. The number of carbonyl (C=O) groups is 1. The van der Waals surface area contributed by atoms with E-state index in [1.807, 2.05) is 35.9 Å². The van der Waals surface area contributed by atoms with Gasteiger partial charge in [0, 0.05) is 12.8 Å². The van der Waals surface area contributed by atoms with Gasteiger partial charge in [-0.1, -0.05) is 36.0 Å². The maximum atomic E-state index is 11.4. The number of amides is 1.